The Morgan fingerprint density at radius 1 is 1.19 bits per heavy atom. The van der Waals surface area contributed by atoms with Crippen molar-refractivity contribution in [3.05, 3.63) is 28.8 Å². The topological polar surface area (TPSA) is 43.4 Å². The second kappa shape index (κ2) is 9.85. The normalized spacial score (nSPS) is 10.4. The largest absolute Gasteiger partial charge is 0.466 e. The SMILES string of the molecule is CCOC(=O)CCCCCC(=O)c1ccc(SC)cc1Cl. The Labute approximate surface area is 135 Å². The third-order valence-electron chi connectivity index (χ3n) is 3.07. The van der Waals surface area contributed by atoms with Crippen LogP contribution in [0.25, 0.3) is 0 Å². The Morgan fingerprint density at radius 2 is 1.90 bits per heavy atom. The summed E-state index contributed by atoms with van der Waals surface area (Å²) in [5.74, 6) is -0.108. The number of hydrogen-bond donors (Lipinski definition) is 0. The molecular formula is C16H21ClO3S. The van der Waals surface area contributed by atoms with Crippen LogP contribution in [0.2, 0.25) is 5.02 Å². The van der Waals surface area contributed by atoms with Crippen molar-refractivity contribution in [2.75, 3.05) is 12.9 Å². The van der Waals surface area contributed by atoms with E-state index in [2.05, 4.69) is 0 Å². The van der Waals surface area contributed by atoms with Gasteiger partial charge in [0.2, 0.25) is 0 Å². The number of halogens is 1. The Kier molecular flexibility index (Phi) is 8.47. The summed E-state index contributed by atoms with van der Waals surface area (Å²) in [6, 6.07) is 5.51. The van der Waals surface area contributed by atoms with Crippen LogP contribution in [-0.2, 0) is 9.53 Å². The fourth-order valence-corrected chi connectivity index (χ4v) is 2.74. The van der Waals surface area contributed by atoms with Gasteiger partial charge in [-0.1, -0.05) is 18.0 Å². The summed E-state index contributed by atoms with van der Waals surface area (Å²) in [7, 11) is 0. The molecule has 0 aliphatic heterocycles. The average molecular weight is 329 g/mol. The zero-order chi connectivity index (χ0) is 15.7. The Hall–Kier alpha value is -1.000. The maximum atomic E-state index is 12.1. The number of thioether (sulfide) groups is 1. The summed E-state index contributed by atoms with van der Waals surface area (Å²) >= 11 is 7.72. The highest BCUT2D eigenvalue weighted by molar-refractivity contribution is 7.98. The van der Waals surface area contributed by atoms with Gasteiger partial charge < -0.3 is 4.74 Å². The van der Waals surface area contributed by atoms with Gasteiger partial charge in [-0.2, -0.15) is 0 Å². The first-order valence-corrected chi connectivity index (χ1v) is 8.71. The minimum atomic E-state index is -0.167. The molecule has 0 radical (unpaired) electrons. The van der Waals surface area contributed by atoms with Crippen LogP contribution in [0.1, 0.15) is 49.4 Å². The van der Waals surface area contributed by atoms with Crippen LogP contribution in [0, 0.1) is 0 Å². The van der Waals surface area contributed by atoms with E-state index in [1.54, 1.807) is 24.8 Å². The summed E-state index contributed by atoms with van der Waals surface area (Å²) in [6.07, 6.45) is 5.21. The number of carbonyl (C=O) groups is 2. The van der Waals surface area contributed by atoms with Crippen molar-refractivity contribution in [2.45, 2.75) is 43.9 Å². The van der Waals surface area contributed by atoms with Crippen LogP contribution < -0.4 is 0 Å². The molecule has 0 spiro atoms. The molecule has 0 N–H and O–H groups in total. The fourth-order valence-electron chi connectivity index (χ4n) is 1.95. The fraction of sp³-hybridized carbons (Fsp3) is 0.500. The van der Waals surface area contributed by atoms with E-state index in [0.29, 0.717) is 30.0 Å². The van der Waals surface area contributed by atoms with Gasteiger partial charge in [-0.15, -0.1) is 11.8 Å². The molecule has 0 heterocycles. The smallest absolute Gasteiger partial charge is 0.305 e. The van der Waals surface area contributed by atoms with Crippen molar-refractivity contribution in [1.29, 1.82) is 0 Å². The number of ketones is 1. The zero-order valence-electron chi connectivity index (χ0n) is 12.5. The molecular weight excluding hydrogens is 308 g/mol. The molecule has 0 aliphatic carbocycles. The highest BCUT2D eigenvalue weighted by atomic mass is 35.5. The zero-order valence-corrected chi connectivity index (χ0v) is 14.1. The summed E-state index contributed by atoms with van der Waals surface area (Å²) in [6.45, 7) is 2.21. The molecule has 1 aromatic rings. The Balaban J connectivity index is 2.32. The first-order chi connectivity index (χ1) is 10.1. The first kappa shape index (κ1) is 18.1. The van der Waals surface area contributed by atoms with Crippen molar-refractivity contribution < 1.29 is 14.3 Å². The number of rotatable bonds is 9. The number of unbranched alkanes of at least 4 members (excludes halogenated alkanes) is 2. The number of benzene rings is 1. The minimum absolute atomic E-state index is 0.0591. The lowest BCUT2D eigenvalue weighted by atomic mass is 10.0. The van der Waals surface area contributed by atoms with Crippen LogP contribution in [0.3, 0.4) is 0 Å². The predicted octanol–water partition coefficient (Wildman–Crippen LogP) is 4.76. The van der Waals surface area contributed by atoms with Crippen LogP contribution in [0.15, 0.2) is 23.1 Å². The molecule has 1 aromatic carbocycles. The second-order valence-corrected chi connectivity index (χ2v) is 5.92. The molecule has 0 fully saturated rings. The van der Waals surface area contributed by atoms with Gasteiger partial charge in [-0.05, 0) is 44.2 Å². The van der Waals surface area contributed by atoms with Crippen LogP contribution in [0.4, 0.5) is 0 Å². The average Bonchev–Trinajstić information content (AvgIpc) is 2.46. The standard InChI is InChI=1S/C16H21ClO3S/c1-3-20-16(19)8-6-4-5-7-15(18)13-10-9-12(21-2)11-14(13)17/h9-11H,3-8H2,1-2H3. The number of hydrogen-bond acceptors (Lipinski definition) is 4. The van der Waals surface area contributed by atoms with E-state index in [-0.39, 0.29) is 11.8 Å². The molecule has 0 aliphatic rings. The van der Waals surface area contributed by atoms with E-state index >= 15 is 0 Å². The number of carbonyl (C=O) groups excluding carboxylic acids is 2. The van der Waals surface area contributed by atoms with Gasteiger partial charge in [-0.3, -0.25) is 9.59 Å². The van der Waals surface area contributed by atoms with Gasteiger partial charge in [0, 0.05) is 23.3 Å². The molecule has 3 nitrogen and oxygen atoms in total. The molecule has 5 heteroatoms. The third kappa shape index (κ3) is 6.53. The summed E-state index contributed by atoms with van der Waals surface area (Å²) in [5, 5.41) is 0.512. The van der Waals surface area contributed by atoms with E-state index in [1.807, 2.05) is 18.4 Å². The van der Waals surface area contributed by atoms with Crippen molar-refractivity contribution in [3.8, 4) is 0 Å². The van der Waals surface area contributed by atoms with Gasteiger partial charge >= 0.3 is 5.97 Å². The summed E-state index contributed by atoms with van der Waals surface area (Å²) < 4.78 is 4.85. The third-order valence-corrected chi connectivity index (χ3v) is 4.10. The molecule has 21 heavy (non-hydrogen) atoms. The van der Waals surface area contributed by atoms with Gasteiger partial charge in [0.05, 0.1) is 11.6 Å². The van der Waals surface area contributed by atoms with Gasteiger partial charge in [-0.25, -0.2) is 0 Å². The number of Topliss-reactive ketones (excluding diaryl/α,β-unsaturated/α-hetero) is 1. The molecule has 116 valence electrons. The monoisotopic (exact) mass is 328 g/mol. The molecule has 0 atom stereocenters. The van der Waals surface area contributed by atoms with Gasteiger partial charge in [0.15, 0.2) is 5.78 Å². The predicted molar refractivity (Wildman–Crippen MR) is 87.3 cm³/mol. The van der Waals surface area contributed by atoms with E-state index in [4.69, 9.17) is 16.3 Å². The van der Waals surface area contributed by atoms with E-state index in [9.17, 15) is 9.59 Å². The molecule has 0 saturated heterocycles. The summed E-state index contributed by atoms with van der Waals surface area (Å²) in [5.41, 5.74) is 0.583. The van der Waals surface area contributed by atoms with Gasteiger partial charge in [0.1, 0.15) is 0 Å². The maximum Gasteiger partial charge on any atom is 0.305 e. The first-order valence-electron chi connectivity index (χ1n) is 7.10. The lowest BCUT2D eigenvalue weighted by Crippen LogP contribution is -2.04. The Morgan fingerprint density at radius 3 is 2.52 bits per heavy atom. The minimum Gasteiger partial charge on any atom is -0.466 e. The van der Waals surface area contributed by atoms with Crippen molar-refractivity contribution in [2.24, 2.45) is 0 Å². The second-order valence-electron chi connectivity index (χ2n) is 4.63. The van der Waals surface area contributed by atoms with E-state index in [0.717, 1.165) is 24.2 Å². The quantitative estimate of drug-likeness (QED) is 0.284. The molecule has 0 bridgehead atoms. The molecule has 0 aromatic heterocycles. The van der Waals surface area contributed by atoms with Crippen molar-refractivity contribution in [1.82, 2.24) is 0 Å². The molecule has 1 rings (SSSR count). The highest BCUT2D eigenvalue weighted by Crippen LogP contribution is 2.24. The van der Waals surface area contributed by atoms with Crippen molar-refractivity contribution >= 4 is 35.1 Å². The van der Waals surface area contributed by atoms with Crippen LogP contribution >= 0.6 is 23.4 Å². The number of esters is 1. The molecule has 0 saturated carbocycles. The lowest BCUT2D eigenvalue weighted by Gasteiger charge is -2.05. The molecule has 0 unspecified atom stereocenters. The van der Waals surface area contributed by atoms with Gasteiger partial charge in [0.25, 0.3) is 0 Å². The van der Waals surface area contributed by atoms with Crippen LogP contribution in [0.5, 0.6) is 0 Å². The highest BCUT2D eigenvalue weighted by Gasteiger charge is 2.11. The Bertz CT molecular complexity index is 488. The molecule has 0 amide bonds. The summed E-state index contributed by atoms with van der Waals surface area (Å²) in [4.78, 5) is 24.3. The van der Waals surface area contributed by atoms with Crippen molar-refractivity contribution in [3.63, 3.8) is 0 Å². The maximum absolute atomic E-state index is 12.1. The number of ether oxygens (including phenoxy) is 1. The lowest BCUT2D eigenvalue weighted by molar-refractivity contribution is -0.143. The van der Waals surface area contributed by atoms with E-state index in [1.165, 1.54) is 0 Å². The van der Waals surface area contributed by atoms with E-state index < -0.39 is 0 Å². The van der Waals surface area contributed by atoms with Crippen LogP contribution in [-0.4, -0.2) is 24.6 Å².